The molecule has 0 spiro atoms. The van der Waals surface area contributed by atoms with Crippen LogP contribution < -0.4 is 0 Å². The van der Waals surface area contributed by atoms with Gasteiger partial charge in [-0.2, -0.15) is 8.42 Å². The van der Waals surface area contributed by atoms with Gasteiger partial charge in [-0.25, -0.2) is 0 Å². The summed E-state index contributed by atoms with van der Waals surface area (Å²) in [4.78, 5) is 10.7. The summed E-state index contributed by atoms with van der Waals surface area (Å²) in [5.41, 5.74) is -0.966. The zero-order valence-corrected chi connectivity index (χ0v) is 16.8. The minimum Gasteiger partial charge on any atom is -0.387 e. The number of hydrogen-bond acceptors (Lipinski definition) is 7. The van der Waals surface area contributed by atoms with E-state index in [0.717, 1.165) is 0 Å². The molecule has 0 aliphatic carbocycles. The fraction of sp³-hybridized carbons (Fsp3) is 0.632. The lowest BCUT2D eigenvalue weighted by molar-refractivity contribution is -0.156. The summed E-state index contributed by atoms with van der Waals surface area (Å²) >= 11 is 0. The van der Waals surface area contributed by atoms with Crippen LogP contribution in [-0.4, -0.2) is 50.5 Å². The van der Waals surface area contributed by atoms with Gasteiger partial charge in [0.05, 0.1) is 23.7 Å². The molecular formula is C19H28O7S. The third kappa shape index (κ3) is 5.83. The van der Waals surface area contributed by atoms with E-state index in [4.69, 9.17) is 13.7 Å². The molecule has 1 saturated heterocycles. The van der Waals surface area contributed by atoms with Crippen molar-refractivity contribution in [3.63, 3.8) is 0 Å². The van der Waals surface area contributed by atoms with Crippen molar-refractivity contribution in [1.82, 2.24) is 0 Å². The van der Waals surface area contributed by atoms with Gasteiger partial charge in [-0.05, 0) is 38.8 Å². The van der Waals surface area contributed by atoms with Crippen molar-refractivity contribution < 1.29 is 32.0 Å². The van der Waals surface area contributed by atoms with E-state index in [2.05, 4.69) is 0 Å². The SMILES string of the molecule is CCCC(C)(O)C(CCC1(C)OCCO1)OS(=O)(=O)c1ccc(C=O)cc1. The van der Waals surface area contributed by atoms with E-state index in [1.165, 1.54) is 24.3 Å². The second kappa shape index (κ2) is 8.79. The molecule has 0 aromatic heterocycles. The highest BCUT2D eigenvalue weighted by molar-refractivity contribution is 7.86. The number of rotatable bonds is 10. The first-order valence-electron chi connectivity index (χ1n) is 9.11. The Kier molecular flexibility index (Phi) is 7.15. The van der Waals surface area contributed by atoms with Crippen molar-refractivity contribution in [2.45, 2.75) is 68.8 Å². The van der Waals surface area contributed by atoms with E-state index in [-0.39, 0.29) is 11.3 Å². The molecule has 0 radical (unpaired) electrons. The van der Waals surface area contributed by atoms with E-state index in [0.29, 0.717) is 44.3 Å². The number of aldehydes is 1. The molecule has 7 nitrogen and oxygen atoms in total. The number of benzene rings is 1. The highest BCUT2D eigenvalue weighted by Gasteiger charge is 2.39. The Hall–Kier alpha value is -1.32. The van der Waals surface area contributed by atoms with E-state index in [1.807, 2.05) is 6.92 Å². The number of ether oxygens (including phenoxy) is 2. The molecule has 27 heavy (non-hydrogen) atoms. The highest BCUT2D eigenvalue weighted by atomic mass is 32.2. The Morgan fingerprint density at radius 3 is 2.41 bits per heavy atom. The molecular weight excluding hydrogens is 372 g/mol. The van der Waals surface area contributed by atoms with Crippen LogP contribution in [0, 0.1) is 0 Å². The zero-order valence-electron chi connectivity index (χ0n) is 16.0. The third-order valence-corrected chi connectivity index (χ3v) is 6.09. The Morgan fingerprint density at radius 2 is 1.89 bits per heavy atom. The quantitative estimate of drug-likeness (QED) is 0.476. The van der Waals surface area contributed by atoms with Gasteiger partial charge < -0.3 is 14.6 Å². The van der Waals surface area contributed by atoms with Crippen LogP contribution >= 0.6 is 0 Å². The minimum atomic E-state index is -4.11. The van der Waals surface area contributed by atoms with Crippen LogP contribution in [0.4, 0.5) is 0 Å². The molecule has 1 fully saturated rings. The highest BCUT2D eigenvalue weighted by Crippen LogP contribution is 2.32. The Morgan fingerprint density at radius 1 is 1.30 bits per heavy atom. The minimum absolute atomic E-state index is 0.0648. The first-order chi connectivity index (χ1) is 12.6. The van der Waals surface area contributed by atoms with E-state index >= 15 is 0 Å². The largest absolute Gasteiger partial charge is 0.387 e. The van der Waals surface area contributed by atoms with Crippen LogP contribution in [0.1, 0.15) is 56.8 Å². The maximum Gasteiger partial charge on any atom is 0.297 e. The Bertz CT molecular complexity index is 719. The molecule has 1 aliphatic heterocycles. The van der Waals surface area contributed by atoms with Crippen LogP contribution in [0.2, 0.25) is 0 Å². The summed E-state index contributed by atoms with van der Waals surface area (Å²) in [6.07, 6.45) is 1.36. The van der Waals surface area contributed by atoms with Crippen LogP contribution in [-0.2, 0) is 23.8 Å². The summed E-state index contributed by atoms with van der Waals surface area (Å²) in [5, 5.41) is 10.8. The van der Waals surface area contributed by atoms with Gasteiger partial charge in [0.2, 0.25) is 0 Å². The predicted octanol–water partition coefficient (Wildman–Crippen LogP) is 2.67. The van der Waals surface area contributed by atoms with Crippen molar-refractivity contribution in [2.24, 2.45) is 0 Å². The summed E-state index contributed by atoms with van der Waals surface area (Å²) in [5.74, 6) is -0.806. The summed E-state index contributed by atoms with van der Waals surface area (Å²) in [6, 6.07) is 5.44. The molecule has 1 aliphatic rings. The monoisotopic (exact) mass is 400 g/mol. The number of hydrogen-bond donors (Lipinski definition) is 1. The molecule has 1 aromatic rings. The summed E-state index contributed by atoms with van der Waals surface area (Å²) in [7, 11) is -4.11. The summed E-state index contributed by atoms with van der Waals surface area (Å²) < 4.78 is 41.9. The molecule has 1 N–H and O–H groups in total. The molecule has 2 unspecified atom stereocenters. The molecule has 2 rings (SSSR count). The smallest absolute Gasteiger partial charge is 0.297 e. The molecule has 8 heteroatoms. The van der Waals surface area contributed by atoms with Gasteiger partial charge in [-0.15, -0.1) is 0 Å². The lowest BCUT2D eigenvalue weighted by atomic mass is 9.90. The van der Waals surface area contributed by atoms with E-state index in [1.54, 1.807) is 13.8 Å². The van der Waals surface area contributed by atoms with Crippen molar-refractivity contribution in [1.29, 1.82) is 0 Å². The van der Waals surface area contributed by atoms with E-state index in [9.17, 15) is 18.3 Å². The van der Waals surface area contributed by atoms with Gasteiger partial charge in [-0.3, -0.25) is 8.98 Å². The second-order valence-corrected chi connectivity index (χ2v) is 8.77. The van der Waals surface area contributed by atoms with Crippen LogP contribution in [0.15, 0.2) is 29.2 Å². The topological polar surface area (TPSA) is 99.1 Å². The van der Waals surface area contributed by atoms with Crippen molar-refractivity contribution in [2.75, 3.05) is 13.2 Å². The van der Waals surface area contributed by atoms with Crippen LogP contribution in [0.3, 0.4) is 0 Å². The van der Waals surface area contributed by atoms with Crippen molar-refractivity contribution in [3.8, 4) is 0 Å². The average Bonchev–Trinajstić information content (AvgIpc) is 3.05. The first-order valence-corrected chi connectivity index (χ1v) is 10.5. The third-order valence-electron chi connectivity index (χ3n) is 4.76. The van der Waals surface area contributed by atoms with Gasteiger partial charge in [-0.1, -0.05) is 25.5 Å². The lowest BCUT2D eigenvalue weighted by Crippen LogP contribution is -2.43. The fourth-order valence-electron chi connectivity index (χ4n) is 3.15. The Balaban J connectivity index is 2.19. The van der Waals surface area contributed by atoms with E-state index < -0.39 is 27.6 Å². The molecule has 152 valence electrons. The Labute approximate surface area is 160 Å². The molecule has 0 amide bonds. The zero-order chi connectivity index (χ0) is 20.1. The standard InChI is InChI=1S/C19H28O7S/c1-4-10-18(2,21)17(9-11-19(3)24-12-13-25-19)26-27(22,23)16-7-5-15(14-20)6-8-16/h5-8,14,17,21H,4,9-13H2,1-3H3. The first kappa shape index (κ1) is 22.0. The van der Waals surface area contributed by atoms with Gasteiger partial charge in [0.15, 0.2) is 5.79 Å². The van der Waals surface area contributed by atoms with Crippen molar-refractivity contribution in [3.05, 3.63) is 29.8 Å². The van der Waals surface area contributed by atoms with Crippen molar-refractivity contribution >= 4 is 16.4 Å². The van der Waals surface area contributed by atoms with Gasteiger partial charge in [0.1, 0.15) is 12.4 Å². The fourth-order valence-corrected chi connectivity index (χ4v) is 4.34. The average molecular weight is 400 g/mol. The van der Waals surface area contributed by atoms with Gasteiger partial charge in [0, 0.05) is 12.0 Å². The predicted molar refractivity (Wildman–Crippen MR) is 99.0 cm³/mol. The molecule has 0 saturated carbocycles. The molecule has 1 heterocycles. The second-order valence-electron chi connectivity index (χ2n) is 7.20. The van der Waals surface area contributed by atoms with Gasteiger partial charge in [0.25, 0.3) is 10.1 Å². The molecule has 0 bridgehead atoms. The van der Waals surface area contributed by atoms with Crippen LogP contribution in [0.25, 0.3) is 0 Å². The molecule has 1 aromatic carbocycles. The van der Waals surface area contributed by atoms with Crippen LogP contribution in [0.5, 0.6) is 0 Å². The molecule has 2 atom stereocenters. The normalized spacial score (nSPS) is 20.1. The lowest BCUT2D eigenvalue weighted by Gasteiger charge is -2.34. The maximum atomic E-state index is 12.7. The maximum absolute atomic E-state index is 12.7. The van der Waals surface area contributed by atoms with Gasteiger partial charge >= 0.3 is 0 Å². The number of aliphatic hydroxyl groups is 1. The summed E-state index contributed by atoms with van der Waals surface area (Å²) in [6.45, 7) is 6.23. The number of carbonyl (C=O) groups is 1. The number of carbonyl (C=O) groups excluding carboxylic acids is 1.